The number of fused-ring (bicyclic) bond motifs is 1. The Morgan fingerprint density at radius 2 is 2.29 bits per heavy atom. The van der Waals surface area contributed by atoms with Crippen LogP contribution in [0.15, 0.2) is 18.2 Å². The number of halogens is 2. The Morgan fingerprint density at radius 3 is 3.00 bits per heavy atom. The van der Waals surface area contributed by atoms with E-state index in [9.17, 15) is 13.6 Å². The van der Waals surface area contributed by atoms with Crippen LogP contribution < -0.4 is 9.47 Å². The lowest BCUT2D eigenvalue weighted by Gasteiger charge is -2.39. The first-order valence-corrected chi connectivity index (χ1v) is 8.02. The van der Waals surface area contributed by atoms with Crippen molar-refractivity contribution >= 4 is 5.91 Å². The van der Waals surface area contributed by atoms with Gasteiger partial charge in [-0.1, -0.05) is 0 Å². The molecule has 0 saturated carbocycles. The van der Waals surface area contributed by atoms with E-state index in [1.165, 1.54) is 4.90 Å². The van der Waals surface area contributed by atoms with Gasteiger partial charge < -0.3 is 19.5 Å². The van der Waals surface area contributed by atoms with E-state index in [0.717, 1.165) is 11.3 Å². The second kappa shape index (κ2) is 6.55. The first-order valence-electron chi connectivity index (χ1n) is 8.02. The number of benzene rings is 1. The van der Waals surface area contributed by atoms with E-state index in [4.69, 9.17) is 14.6 Å². The quantitative estimate of drug-likeness (QED) is 0.910. The molecule has 2 unspecified atom stereocenters. The highest BCUT2D eigenvalue weighted by molar-refractivity contribution is 5.80. The fraction of sp³-hybridized carbons (Fsp3) is 0.588. The normalized spacial score (nSPS) is 25.6. The third-order valence-corrected chi connectivity index (χ3v) is 4.81. The van der Waals surface area contributed by atoms with Crippen LogP contribution in [0.1, 0.15) is 12.0 Å². The number of piperidine rings is 1. The molecular weight excluding hydrogens is 320 g/mol. The second-order valence-electron chi connectivity index (χ2n) is 6.36. The summed E-state index contributed by atoms with van der Waals surface area (Å²) < 4.78 is 38.2. The molecule has 1 aromatic rings. The molecule has 24 heavy (non-hydrogen) atoms. The Balaban J connectivity index is 1.70. The van der Waals surface area contributed by atoms with E-state index in [1.54, 1.807) is 19.2 Å². The first-order chi connectivity index (χ1) is 11.4. The van der Waals surface area contributed by atoms with Crippen LogP contribution in [0, 0.1) is 11.8 Å². The van der Waals surface area contributed by atoms with Crippen LogP contribution in [0.3, 0.4) is 0 Å². The van der Waals surface area contributed by atoms with Gasteiger partial charge in [0.05, 0.1) is 25.6 Å². The fourth-order valence-electron chi connectivity index (χ4n) is 3.29. The second-order valence-corrected chi connectivity index (χ2v) is 6.36. The summed E-state index contributed by atoms with van der Waals surface area (Å²) in [6, 6.07) is 5.42. The maximum Gasteiger partial charge on any atom is 0.256 e. The van der Waals surface area contributed by atoms with E-state index in [-0.39, 0.29) is 25.6 Å². The molecule has 0 aliphatic carbocycles. The summed E-state index contributed by atoms with van der Waals surface area (Å²) in [5.41, 5.74) is 0.875. The van der Waals surface area contributed by atoms with Gasteiger partial charge in [-0.15, -0.1) is 0 Å². The van der Waals surface area contributed by atoms with Crippen LogP contribution in [-0.4, -0.2) is 55.2 Å². The van der Waals surface area contributed by atoms with Crippen molar-refractivity contribution in [3.8, 4) is 11.5 Å². The van der Waals surface area contributed by atoms with Gasteiger partial charge in [-0.25, -0.2) is 8.78 Å². The Labute approximate surface area is 139 Å². The number of hydrogen-bond acceptors (Lipinski definition) is 4. The predicted molar refractivity (Wildman–Crippen MR) is 82.4 cm³/mol. The standard InChI is InChI=1S/C17H21F2NO4/c1-23-14-2-3-15-11(7-14)6-12(10-24-15)16(22)20-5-4-17(18,19)13(8-20)9-21/h2-3,7,12-13,21H,4-6,8-10H2,1H3. The lowest BCUT2D eigenvalue weighted by molar-refractivity contribution is -0.153. The zero-order valence-electron chi connectivity index (χ0n) is 13.5. The minimum Gasteiger partial charge on any atom is -0.497 e. The summed E-state index contributed by atoms with van der Waals surface area (Å²) in [6.07, 6.45) is 0.0734. The molecule has 0 bridgehead atoms. The summed E-state index contributed by atoms with van der Waals surface area (Å²) in [7, 11) is 1.57. The maximum absolute atomic E-state index is 13.7. The van der Waals surface area contributed by atoms with Gasteiger partial charge in [0.2, 0.25) is 5.91 Å². The van der Waals surface area contributed by atoms with Gasteiger partial charge in [-0.2, -0.15) is 0 Å². The topological polar surface area (TPSA) is 59.0 Å². The molecule has 0 spiro atoms. The van der Waals surface area contributed by atoms with Gasteiger partial charge in [0.15, 0.2) is 0 Å². The minimum absolute atomic E-state index is 0.00377. The average Bonchev–Trinajstić information content (AvgIpc) is 2.60. The van der Waals surface area contributed by atoms with Gasteiger partial charge in [0, 0.05) is 19.5 Å². The Bertz CT molecular complexity index is 623. The van der Waals surface area contributed by atoms with Crippen molar-refractivity contribution in [2.75, 3.05) is 33.4 Å². The Kier molecular flexibility index (Phi) is 4.62. The Hall–Kier alpha value is -1.89. The van der Waals surface area contributed by atoms with Crippen molar-refractivity contribution in [3.05, 3.63) is 23.8 Å². The van der Waals surface area contributed by atoms with E-state index in [0.29, 0.717) is 12.2 Å². The van der Waals surface area contributed by atoms with Crippen molar-refractivity contribution in [2.45, 2.75) is 18.8 Å². The van der Waals surface area contributed by atoms with Crippen molar-refractivity contribution < 1.29 is 28.2 Å². The third-order valence-electron chi connectivity index (χ3n) is 4.81. The molecule has 0 radical (unpaired) electrons. The van der Waals surface area contributed by atoms with Crippen molar-refractivity contribution in [2.24, 2.45) is 11.8 Å². The highest BCUT2D eigenvalue weighted by Gasteiger charge is 2.45. The molecule has 5 nitrogen and oxygen atoms in total. The molecule has 0 aromatic heterocycles. The molecule has 2 heterocycles. The van der Waals surface area contributed by atoms with E-state index in [2.05, 4.69) is 0 Å². The average molecular weight is 341 g/mol. The highest BCUT2D eigenvalue weighted by atomic mass is 19.3. The number of carbonyl (C=O) groups is 1. The number of ether oxygens (including phenoxy) is 2. The molecule has 3 rings (SSSR count). The maximum atomic E-state index is 13.7. The van der Waals surface area contributed by atoms with Crippen LogP contribution in [0.2, 0.25) is 0 Å². The van der Waals surface area contributed by atoms with E-state index >= 15 is 0 Å². The molecule has 1 saturated heterocycles. The molecule has 1 aromatic carbocycles. The Morgan fingerprint density at radius 1 is 1.50 bits per heavy atom. The molecule has 2 aliphatic rings. The molecule has 2 aliphatic heterocycles. The van der Waals surface area contributed by atoms with Crippen LogP contribution in [0.4, 0.5) is 8.78 Å². The number of alkyl halides is 2. The van der Waals surface area contributed by atoms with Crippen molar-refractivity contribution in [1.29, 1.82) is 0 Å². The monoisotopic (exact) mass is 341 g/mol. The van der Waals surface area contributed by atoms with Crippen LogP contribution >= 0.6 is 0 Å². The fourth-order valence-corrected chi connectivity index (χ4v) is 3.29. The number of rotatable bonds is 3. The predicted octanol–water partition coefficient (Wildman–Crippen LogP) is 1.72. The van der Waals surface area contributed by atoms with Gasteiger partial charge in [-0.05, 0) is 30.2 Å². The SMILES string of the molecule is COc1ccc2c(c1)CC(C(=O)N1CCC(F)(F)C(CO)C1)CO2. The van der Waals surface area contributed by atoms with Crippen LogP contribution in [0.5, 0.6) is 11.5 Å². The van der Waals surface area contributed by atoms with Crippen LogP contribution in [-0.2, 0) is 11.2 Å². The lowest BCUT2D eigenvalue weighted by Crippen LogP contribution is -2.53. The molecule has 2 atom stereocenters. The molecule has 7 heteroatoms. The number of methoxy groups -OCH3 is 1. The molecule has 1 amide bonds. The molecule has 132 valence electrons. The largest absolute Gasteiger partial charge is 0.497 e. The van der Waals surface area contributed by atoms with Gasteiger partial charge in [0.25, 0.3) is 5.92 Å². The number of carbonyl (C=O) groups excluding carboxylic acids is 1. The van der Waals surface area contributed by atoms with Crippen LogP contribution in [0.25, 0.3) is 0 Å². The molecular formula is C17H21F2NO4. The number of hydrogen-bond donors (Lipinski definition) is 1. The lowest BCUT2D eigenvalue weighted by atomic mass is 9.91. The highest BCUT2D eigenvalue weighted by Crippen LogP contribution is 2.35. The zero-order chi connectivity index (χ0) is 17.3. The van der Waals surface area contributed by atoms with E-state index in [1.807, 2.05) is 6.07 Å². The van der Waals surface area contributed by atoms with Gasteiger partial charge in [0.1, 0.15) is 18.1 Å². The number of nitrogens with zero attached hydrogens (tertiary/aromatic N) is 1. The van der Waals surface area contributed by atoms with Crippen molar-refractivity contribution in [3.63, 3.8) is 0 Å². The van der Waals surface area contributed by atoms with Gasteiger partial charge in [-0.3, -0.25) is 4.79 Å². The minimum atomic E-state index is -2.92. The summed E-state index contributed by atoms with van der Waals surface area (Å²) in [5, 5.41) is 9.17. The summed E-state index contributed by atoms with van der Waals surface area (Å²) >= 11 is 0. The van der Waals surface area contributed by atoms with Gasteiger partial charge >= 0.3 is 0 Å². The smallest absolute Gasteiger partial charge is 0.256 e. The number of likely N-dealkylation sites (tertiary alicyclic amines) is 1. The zero-order valence-corrected chi connectivity index (χ0v) is 13.5. The summed E-state index contributed by atoms with van der Waals surface area (Å²) in [4.78, 5) is 14.1. The molecule has 1 fully saturated rings. The summed E-state index contributed by atoms with van der Waals surface area (Å²) in [6.45, 7) is -0.513. The van der Waals surface area contributed by atoms with Crippen molar-refractivity contribution in [1.82, 2.24) is 4.90 Å². The molecule has 1 N–H and O–H groups in total. The third kappa shape index (κ3) is 3.17. The van der Waals surface area contributed by atoms with E-state index < -0.39 is 30.8 Å². The number of aliphatic hydroxyl groups excluding tert-OH is 1. The number of aliphatic hydroxyl groups is 1. The number of amides is 1. The first kappa shape index (κ1) is 17.0. The summed E-state index contributed by atoms with van der Waals surface area (Å²) in [5.74, 6) is -3.32.